The van der Waals surface area contributed by atoms with Crippen LogP contribution in [0.2, 0.25) is 0 Å². The van der Waals surface area contributed by atoms with Crippen LogP contribution in [0.3, 0.4) is 0 Å². The maximum Gasteiger partial charge on any atom is 0.376 e. The Balaban J connectivity index is 2.75. The number of nitrogens with zero attached hydrogens (tertiary/aromatic N) is 2. The van der Waals surface area contributed by atoms with E-state index in [2.05, 4.69) is 40.8 Å². The smallest absolute Gasteiger partial charge is 0.376 e. The number of anilines is 1. The van der Waals surface area contributed by atoms with Crippen LogP contribution in [0.4, 0.5) is 5.82 Å². The summed E-state index contributed by atoms with van der Waals surface area (Å²) in [5.74, 6) is 0.805. The van der Waals surface area contributed by atoms with Crippen LogP contribution in [0.1, 0.15) is 44.2 Å². The van der Waals surface area contributed by atoms with Crippen molar-refractivity contribution >= 4 is 11.8 Å². The number of methoxy groups -OCH3 is 1. The van der Waals surface area contributed by atoms with Crippen LogP contribution >= 0.6 is 0 Å². The SMILES string of the molecule is CCC(CC)C(C)Nc1ccnc(C(=O)OC)n1. The number of esters is 1. The molecule has 0 saturated carbocycles. The van der Waals surface area contributed by atoms with Gasteiger partial charge in [0.05, 0.1) is 7.11 Å². The van der Waals surface area contributed by atoms with Crippen LogP contribution < -0.4 is 5.32 Å². The molecule has 100 valence electrons. The highest BCUT2D eigenvalue weighted by molar-refractivity contribution is 5.85. The zero-order valence-electron chi connectivity index (χ0n) is 11.4. The number of hydrogen-bond acceptors (Lipinski definition) is 5. The summed E-state index contributed by atoms with van der Waals surface area (Å²) in [7, 11) is 1.32. The topological polar surface area (TPSA) is 64.1 Å². The van der Waals surface area contributed by atoms with Gasteiger partial charge in [-0.15, -0.1) is 0 Å². The van der Waals surface area contributed by atoms with E-state index in [1.807, 2.05) is 0 Å². The monoisotopic (exact) mass is 251 g/mol. The summed E-state index contributed by atoms with van der Waals surface area (Å²) >= 11 is 0. The Morgan fingerprint density at radius 3 is 2.67 bits per heavy atom. The Labute approximate surface area is 108 Å². The van der Waals surface area contributed by atoms with Gasteiger partial charge >= 0.3 is 5.97 Å². The molecule has 1 rings (SSSR count). The van der Waals surface area contributed by atoms with Gasteiger partial charge in [0, 0.05) is 12.2 Å². The van der Waals surface area contributed by atoms with E-state index >= 15 is 0 Å². The van der Waals surface area contributed by atoms with Crippen molar-refractivity contribution in [1.29, 1.82) is 0 Å². The number of carbonyl (C=O) groups is 1. The molecule has 5 heteroatoms. The minimum atomic E-state index is -0.520. The van der Waals surface area contributed by atoms with Crippen LogP contribution in [-0.4, -0.2) is 29.1 Å². The van der Waals surface area contributed by atoms with Gasteiger partial charge in [0.15, 0.2) is 0 Å². The second kappa shape index (κ2) is 6.93. The summed E-state index contributed by atoms with van der Waals surface area (Å²) < 4.78 is 4.59. The second-order valence-corrected chi connectivity index (χ2v) is 4.27. The number of aromatic nitrogens is 2. The summed E-state index contributed by atoms with van der Waals surface area (Å²) in [6.45, 7) is 6.47. The number of carbonyl (C=O) groups excluding carboxylic acids is 1. The lowest BCUT2D eigenvalue weighted by molar-refractivity contribution is 0.0587. The molecule has 1 atom stereocenters. The first kappa shape index (κ1) is 14.4. The van der Waals surface area contributed by atoms with Crippen molar-refractivity contribution in [1.82, 2.24) is 9.97 Å². The normalized spacial score (nSPS) is 12.3. The quantitative estimate of drug-likeness (QED) is 0.787. The zero-order chi connectivity index (χ0) is 13.5. The van der Waals surface area contributed by atoms with Crippen LogP contribution in [0, 0.1) is 5.92 Å². The molecule has 5 nitrogen and oxygen atoms in total. The standard InChI is InChI=1S/C13H21N3O2/c1-5-10(6-2)9(3)15-11-7-8-14-12(16-11)13(17)18-4/h7-10H,5-6H2,1-4H3,(H,14,15,16). The Kier molecular flexibility index (Phi) is 5.55. The predicted molar refractivity (Wildman–Crippen MR) is 70.5 cm³/mol. The van der Waals surface area contributed by atoms with Crippen molar-refractivity contribution < 1.29 is 9.53 Å². The van der Waals surface area contributed by atoms with Gasteiger partial charge in [-0.3, -0.25) is 0 Å². The van der Waals surface area contributed by atoms with Gasteiger partial charge in [0.25, 0.3) is 0 Å². The van der Waals surface area contributed by atoms with E-state index in [0.29, 0.717) is 17.8 Å². The molecular formula is C13H21N3O2. The van der Waals surface area contributed by atoms with Crippen molar-refractivity contribution in [3.63, 3.8) is 0 Å². The van der Waals surface area contributed by atoms with Crippen LogP contribution in [0.5, 0.6) is 0 Å². The fourth-order valence-corrected chi connectivity index (χ4v) is 1.98. The zero-order valence-corrected chi connectivity index (χ0v) is 11.4. The summed E-state index contributed by atoms with van der Waals surface area (Å²) in [6, 6.07) is 2.06. The second-order valence-electron chi connectivity index (χ2n) is 4.27. The van der Waals surface area contributed by atoms with Crippen LogP contribution in [0.15, 0.2) is 12.3 Å². The van der Waals surface area contributed by atoms with E-state index in [1.165, 1.54) is 7.11 Å². The van der Waals surface area contributed by atoms with E-state index in [9.17, 15) is 4.79 Å². The van der Waals surface area contributed by atoms with E-state index in [1.54, 1.807) is 12.3 Å². The molecule has 0 saturated heterocycles. The first-order valence-electron chi connectivity index (χ1n) is 6.30. The van der Waals surface area contributed by atoms with Crippen molar-refractivity contribution in [3.8, 4) is 0 Å². The Bertz CT molecular complexity index is 392. The molecule has 1 aromatic heterocycles. The maximum absolute atomic E-state index is 11.3. The van der Waals surface area contributed by atoms with Gasteiger partial charge in [-0.25, -0.2) is 14.8 Å². The Morgan fingerprint density at radius 2 is 2.11 bits per heavy atom. The van der Waals surface area contributed by atoms with Crippen molar-refractivity contribution in [2.75, 3.05) is 12.4 Å². The molecule has 0 aromatic carbocycles. The molecule has 1 aromatic rings. The maximum atomic E-state index is 11.3. The highest BCUT2D eigenvalue weighted by Gasteiger charge is 2.15. The molecule has 18 heavy (non-hydrogen) atoms. The van der Waals surface area contributed by atoms with Crippen LogP contribution in [0.25, 0.3) is 0 Å². The molecule has 0 radical (unpaired) electrons. The van der Waals surface area contributed by atoms with Crippen molar-refractivity contribution in [2.45, 2.75) is 39.7 Å². The first-order chi connectivity index (χ1) is 8.62. The van der Waals surface area contributed by atoms with Gasteiger partial charge < -0.3 is 10.1 Å². The molecule has 1 unspecified atom stereocenters. The predicted octanol–water partition coefficient (Wildman–Crippen LogP) is 2.50. The summed E-state index contributed by atoms with van der Waals surface area (Å²) in [5.41, 5.74) is 0. The third-order valence-electron chi connectivity index (χ3n) is 3.15. The molecular weight excluding hydrogens is 230 g/mol. The van der Waals surface area contributed by atoms with Gasteiger partial charge in [0.2, 0.25) is 5.82 Å². The van der Waals surface area contributed by atoms with E-state index in [0.717, 1.165) is 12.8 Å². The largest absolute Gasteiger partial charge is 0.463 e. The molecule has 0 aliphatic rings. The Hall–Kier alpha value is -1.65. The van der Waals surface area contributed by atoms with E-state index in [-0.39, 0.29) is 5.82 Å². The molecule has 0 fully saturated rings. The summed E-state index contributed by atoms with van der Waals surface area (Å²) in [5, 5.41) is 3.30. The minimum Gasteiger partial charge on any atom is -0.463 e. The van der Waals surface area contributed by atoms with Gasteiger partial charge in [0.1, 0.15) is 5.82 Å². The summed E-state index contributed by atoms with van der Waals surface area (Å²) in [4.78, 5) is 19.3. The molecule has 1 N–H and O–H groups in total. The molecule has 0 bridgehead atoms. The third-order valence-corrected chi connectivity index (χ3v) is 3.15. The van der Waals surface area contributed by atoms with Crippen molar-refractivity contribution in [2.24, 2.45) is 5.92 Å². The fourth-order valence-electron chi connectivity index (χ4n) is 1.98. The average molecular weight is 251 g/mol. The minimum absolute atomic E-state index is 0.0826. The van der Waals surface area contributed by atoms with Crippen molar-refractivity contribution in [3.05, 3.63) is 18.1 Å². The van der Waals surface area contributed by atoms with E-state index in [4.69, 9.17) is 0 Å². The lowest BCUT2D eigenvalue weighted by atomic mass is 9.95. The van der Waals surface area contributed by atoms with Gasteiger partial charge in [-0.2, -0.15) is 0 Å². The van der Waals surface area contributed by atoms with Crippen LogP contribution in [-0.2, 0) is 4.74 Å². The summed E-state index contributed by atoms with van der Waals surface area (Å²) in [6.07, 6.45) is 3.78. The van der Waals surface area contributed by atoms with Gasteiger partial charge in [-0.05, 0) is 18.9 Å². The highest BCUT2D eigenvalue weighted by Crippen LogP contribution is 2.16. The number of nitrogens with one attached hydrogen (secondary N) is 1. The average Bonchev–Trinajstić information content (AvgIpc) is 2.39. The van der Waals surface area contributed by atoms with E-state index < -0.39 is 5.97 Å². The Morgan fingerprint density at radius 1 is 1.44 bits per heavy atom. The molecule has 0 spiro atoms. The molecule has 0 aliphatic carbocycles. The lowest BCUT2D eigenvalue weighted by Gasteiger charge is -2.22. The van der Waals surface area contributed by atoms with Gasteiger partial charge in [-0.1, -0.05) is 26.7 Å². The number of rotatable bonds is 6. The molecule has 0 aliphatic heterocycles. The first-order valence-corrected chi connectivity index (χ1v) is 6.30. The highest BCUT2D eigenvalue weighted by atomic mass is 16.5. The number of hydrogen-bond donors (Lipinski definition) is 1. The molecule has 1 heterocycles. The number of ether oxygens (including phenoxy) is 1. The third kappa shape index (κ3) is 3.68. The molecule has 0 amide bonds. The lowest BCUT2D eigenvalue weighted by Crippen LogP contribution is -2.26. The fraction of sp³-hybridized carbons (Fsp3) is 0.615.